The fourth-order valence-corrected chi connectivity index (χ4v) is 1.29. The van der Waals surface area contributed by atoms with Gasteiger partial charge in [0.15, 0.2) is 0 Å². The number of ether oxygens (including phenoxy) is 1. The van der Waals surface area contributed by atoms with Crippen LogP contribution < -0.4 is 4.74 Å². The van der Waals surface area contributed by atoms with Gasteiger partial charge in [-0.05, 0) is 12.1 Å². The molecule has 0 radical (unpaired) electrons. The van der Waals surface area contributed by atoms with Crippen molar-refractivity contribution < 1.29 is 19.7 Å². The lowest BCUT2D eigenvalue weighted by Crippen LogP contribution is -2.08. The zero-order valence-corrected chi connectivity index (χ0v) is 8.12. The number of hydrogen-bond acceptors (Lipinski definition) is 5. The van der Waals surface area contributed by atoms with Crippen LogP contribution in [0.4, 0.5) is 4.79 Å². The molecule has 2 rings (SSSR count). The summed E-state index contributed by atoms with van der Waals surface area (Å²) in [6.07, 6.45) is -1.49. The van der Waals surface area contributed by atoms with Crippen LogP contribution in [0.5, 0.6) is 5.88 Å². The Morgan fingerprint density at radius 1 is 1.25 bits per heavy atom. The van der Waals surface area contributed by atoms with Crippen molar-refractivity contribution in [2.24, 2.45) is 0 Å². The fourth-order valence-electron chi connectivity index (χ4n) is 1.29. The molecule has 1 aromatic carbocycles. The third kappa shape index (κ3) is 1.91. The number of para-hydroxylation sites is 2. The number of aliphatic hydroxyl groups is 1. The van der Waals surface area contributed by atoms with E-state index in [-0.39, 0.29) is 11.6 Å². The fraction of sp³-hybridized carbons (Fsp3) is 0.100. The van der Waals surface area contributed by atoms with Gasteiger partial charge < -0.3 is 14.9 Å². The van der Waals surface area contributed by atoms with Gasteiger partial charge in [0.2, 0.25) is 0 Å². The third-order valence-corrected chi connectivity index (χ3v) is 1.94. The summed E-state index contributed by atoms with van der Waals surface area (Å²) in [4.78, 5) is 18.4. The Bertz CT molecular complexity index is 541. The first-order valence-electron chi connectivity index (χ1n) is 4.48. The van der Waals surface area contributed by atoms with Crippen molar-refractivity contribution in [3.63, 3.8) is 0 Å². The minimum Gasteiger partial charge on any atom is -0.449 e. The Hall–Kier alpha value is -2.21. The molecule has 0 saturated carbocycles. The summed E-state index contributed by atoms with van der Waals surface area (Å²) < 4.78 is 4.43. The molecule has 0 fully saturated rings. The first kappa shape index (κ1) is 10.3. The maximum atomic E-state index is 10.4. The lowest BCUT2D eigenvalue weighted by molar-refractivity contribution is 0.140. The van der Waals surface area contributed by atoms with Gasteiger partial charge in [-0.25, -0.2) is 14.8 Å². The molecule has 0 aliphatic carbocycles. The second-order valence-electron chi connectivity index (χ2n) is 2.99. The van der Waals surface area contributed by atoms with Crippen molar-refractivity contribution >= 4 is 17.2 Å². The van der Waals surface area contributed by atoms with Crippen LogP contribution in [-0.4, -0.2) is 26.3 Å². The van der Waals surface area contributed by atoms with E-state index < -0.39 is 12.8 Å². The first-order valence-corrected chi connectivity index (χ1v) is 4.48. The summed E-state index contributed by atoms with van der Waals surface area (Å²) >= 11 is 0. The molecule has 0 amide bonds. The Labute approximate surface area is 90.1 Å². The number of fused-ring (bicyclic) bond motifs is 1. The number of carbonyl (C=O) groups is 1. The highest BCUT2D eigenvalue weighted by molar-refractivity contribution is 5.75. The standard InChI is InChI=1S/C10H8N2O4/c13-5-8-9(16-10(14)15)12-7-4-2-1-3-6(7)11-8/h1-4,13H,5H2,(H,14,15). The second-order valence-corrected chi connectivity index (χ2v) is 2.99. The van der Waals surface area contributed by atoms with E-state index >= 15 is 0 Å². The van der Waals surface area contributed by atoms with Crippen LogP contribution in [0.25, 0.3) is 11.0 Å². The topological polar surface area (TPSA) is 92.5 Å². The summed E-state index contributed by atoms with van der Waals surface area (Å²) in [6.45, 7) is -0.430. The van der Waals surface area contributed by atoms with E-state index in [4.69, 9.17) is 10.2 Å². The summed E-state index contributed by atoms with van der Waals surface area (Å²) in [5.74, 6) is -0.186. The minimum atomic E-state index is -1.49. The molecule has 2 aromatic rings. The molecule has 0 spiro atoms. The number of benzene rings is 1. The van der Waals surface area contributed by atoms with Gasteiger partial charge in [-0.15, -0.1) is 0 Å². The number of hydrogen-bond donors (Lipinski definition) is 2. The average molecular weight is 220 g/mol. The SMILES string of the molecule is O=C(O)Oc1nc2ccccc2nc1CO. The molecule has 6 heteroatoms. The molecule has 2 N–H and O–H groups in total. The third-order valence-electron chi connectivity index (χ3n) is 1.94. The van der Waals surface area contributed by atoms with E-state index in [0.717, 1.165) is 0 Å². The first-order chi connectivity index (χ1) is 7.70. The van der Waals surface area contributed by atoms with Crippen LogP contribution in [-0.2, 0) is 6.61 Å². The summed E-state index contributed by atoms with van der Waals surface area (Å²) in [7, 11) is 0. The van der Waals surface area contributed by atoms with Crippen molar-refractivity contribution in [3.05, 3.63) is 30.0 Å². The molecule has 82 valence electrons. The summed E-state index contributed by atoms with van der Waals surface area (Å²) in [5, 5.41) is 17.5. The van der Waals surface area contributed by atoms with Gasteiger partial charge in [-0.3, -0.25) is 0 Å². The lowest BCUT2D eigenvalue weighted by Gasteiger charge is -2.05. The molecule has 1 heterocycles. The maximum absolute atomic E-state index is 10.4. The molecule has 0 aliphatic heterocycles. The number of carboxylic acid groups (broad SMARTS) is 1. The molecular weight excluding hydrogens is 212 g/mol. The smallest absolute Gasteiger partial charge is 0.449 e. The van der Waals surface area contributed by atoms with E-state index in [0.29, 0.717) is 11.0 Å². The van der Waals surface area contributed by atoms with Crippen molar-refractivity contribution in [2.75, 3.05) is 0 Å². The summed E-state index contributed by atoms with van der Waals surface area (Å²) in [6, 6.07) is 6.92. The Kier molecular flexibility index (Phi) is 2.65. The molecule has 16 heavy (non-hydrogen) atoms. The second kappa shape index (κ2) is 4.11. The summed E-state index contributed by atoms with van der Waals surface area (Å²) in [5.41, 5.74) is 1.18. The van der Waals surface area contributed by atoms with Gasteiger partial charge in [0, 0.05) is 0 Å². The van der Waals surface area contributed by atoms with Crippen molar-refractivity contribution in [1.82, 2.24) is 9.97 Å². The maximum Gasteiger partial charge on any atom is 0.512 e. The van der Waals surface area contributed by atoms with E-state index in [9.17, 15) is 4.79 Å². The zero-order chi connectivity index (χ0) is 11.5. The van der Waals surface area contributed by atoms with Crippen LogP contribution in [0.3, 0.4) is 0 Å². The number of nitrogens with zero attached hydrogens (tertiary/aromatic N) is 2. The highest BCUT2D eigenvalue weighted by Crippen LogP contribution is 2.18. The molecule has 0 unspecified atom stereocenters. The van der Waals surface area contributed by atoms with Gasteiger partial charge >= 0.3 is 6.16 Å². The van der Waals surface area contributed by atoms with E-state index in [1.54, 1.807) is 24.3 Å². The van der Waals surface area contributed by atoms with Crippen LogP contribution in [0, 0.1) is 0 Å². The van der Waals surface area contributed by atoms with E-state index in [1.807, 2.05) is 0 Å². The highest BCUT2D eigenvalue weighted by atomic mass is 16.7. The van der Waals surface area contributed by atoms with Crippen LogP contribution in [0.2, 0.25) is 0 Å². The quantitative estimate of drug-likeness (QED) is 0.738. The zero-order valence-electron chi connectivity index (χ0n) is 8.12. The normalized spacial score (nSPS) is 10.3. The molecule has 0 aliphatic rings. The molecule has 0 atom stereocenters. The minimum absolute atomic E-state index is 0.0982. The Morgan fingerprint density at radius 2 is 1.88 bits per heavy atom. The highest BCUT2D eigenvalue weighted by Gasteiger charge is 2.12. The number of aliphatic hydroxyl groups excluding tert-OH is 1. The Balaban J connectivity index is 2.58. The van der Waals surface area contributed by atoms with Gasteiger partial charge in [0.25, 0.3) is 5.88 Å². The molecule has 1 aromatic heterocycles. The molecule has 0 saturated heterocycles. The van der Waals surface area contributed by atoms with Crippen molar-refractivity contribution in [1.29, 1.82) is 0 Å². The number of aromatic nitrogens is 2. The Morgan fingerprint density at radius 3 is 2.44 bits per heavy atom. The van der Waals surface area contributed by atoms with Crippen molar-refractivity contribution in [3.8, 4) is 5.88 Å². The van der Waals surface area contributed by atoms with Crippen LogP contribution in [0.15, 0.2) is 24.3 Å². The average Bonchev–Trinajstić information content (AvgIpc) is 2.27. The molecular formula is C10H8N2O4. The lowest BCUT2D eigenvalue weighted by atomic mass is 10.3. The van der Waals surface area contributed by atoms with Crippen LogP contribution >= 0.6 is 0 Å². The monoisotopic (exact) mass is 220 g/mol. The van der Waals surface area contributed by atoms with Gasteiger partial charge in [0.05, 0.1) is 17.6 Å². The molecule has 0 bridgehead atoms. The predicted octanol–water partition coefficient (Wildman–Crippen LogP) is 1.18. The van der Waals surface area contributed by atoms with E-state index in [2.05, 4.69) is 14.7 Å². The largest absolute Gasteiger partial charge is 0.512 e. The number of rotatable bonds is 2. The van der Waals surface area contributed by atoms with Crippen molar-refractivity contribution in [2.45, 2.75) is 6.61 Å². The van der Waals surface area contributed by atoms with Gasteiger partial charge in [-0.1, -0.05) is 12.1 Å². The predicted molar refractivity (Wildman–Crippen MR) is 54.1 cm³/mol. The van der Waals surface area contributed by atoms with Gasteiger partial charge in [0.1, 0.15) is 5.69 Å². The van der Waals surface area contributed by atoms with Gasteiger partial charge in [-0.2, -0.15) is 0 Å². The van der Waals surface area contributed by atoms with E-state index in [1.165, 1.54) is 0 Å². The molecule has 6 nitrogen and oxygen atoms in total. The van der Waals surface area contributed by atoms with Crippen LogP contribution in [0.1, 0.15) is 5.69 Å².